The molecule has 2 rings (SSSR count). The standard InChI is InChI=1S/C19H23N3O3/c1-13(2)25-18-6-4-5-17(11-18)22-19(24)12-20-15-7-9-16(10-8-15)21-14(3)23/h4-11,13,20H,12H2,1-3H3,(H,21,23)(H,22,24). The van der Waals surface area contributed by atoms with Crippen LogP contribution >= 0.6 is 0 Å². The molecule has 0 saturated carbocycles. The van der Waals surface area contributed by atoms with E-state index in [-0.39, 0.29) is 24.5 Å². The van der Waals surface area contributed by atoms with Gasteiger partial charge in [0.25, 0.3) is 0 Å². The predicted molar refractivity (Wildman–Crippen MR) is 100 cm³/mol. The summed E-state index contributed by atoms with van der Waals surface area (Å²) in [7, 11) is 0. The number of rotatable bonds is 7. The molecule has 25 heavy (non-hydrogen) atoms. The third-order valence-corrected chi connectivity index (χ3v) is 3.15. The first-order valence-electron chi connectivity index (χ1n) is 8.10. The van der Waals surface area contributed by atoms with Crippen molar-refractivity contribution in [3.8, 4) is 5.75 Å². The van der Waals surface area contributed by atoms with E-state index >= 15 is 0 Å². The molecule has 0 atom stereocenters. The Morgan fingerprint density at radius 1 is 0.960 bits per heavy atom. The van der Waals surface area contributed by atoms with Crippen LogP contribution in [0.1, 0.15) is 20.8 Å². The lowest BCUT2D eigenvalue weighted by Crippen LogP contribution is -2.21. The zero-order chi connectivity index (χ0) is 18.2. The molecule has 6 nitrogen and oxygen atoms in total. The highest BCUT2D eigenvalue weighted by atomic mass is 16.5. The lowest BCUT2D eigenvalue weighted by molar-refractivity contribution is -0.115. The number of benzene rings is 2. The van der Waals surface area contributed by atoms with Crippen LogP contribution in [0, 0.1) is 0 Å². The van der Waals surface area contributed by atoms with Crippen molar-refractivity contribution in [1.82, 2.24) is 0 Å². The van der Waals surface area contributed by atoms with Gasteiger partial charge in [-0.05, 0) is 50.2 Å². The first kappa shape index (κ1) is 18.3. The van der Waals surface area contributed by atoms with Crippen molar-refractivity contribution in [1.29, 1.82) is 0 Å². The molecular weight excluding hydrogens is 318 g/mol. The van der Waals surface area contributed by atoms with Crippen LogP contribution in [-0.2, 0) is 9.59 Å². The molecule has 0 aliphatic rings. The fourth-order valence-electron chi connectivity index (χ4n) is 2.18. The van der Waals surface area contributed by atoms with Crippen molar-refractivity contribution in [3.05, 3.63) is 48.5 Å². The van der Waals surface area contributed by atoms with Crippen LogP contribution in [-0.4, -0.2) is 24.5 Å². The van der Waals surface area contributed by atoms with Crippen molar-refractivity contribution in [2.45, 2.75) is 26.9 Å². The van der Waals surface area contributed by atoms with Gasteiger partial charge in [-0.1, -0.05) is 6.07 Å². The molecule has 0 unspecified atom stereocenters. The van der Waals surface area contributed by atoms with Gasteiger partial charge >= 0.3 is 0 Å². The van der Waals surface area contributed by atoms with Crippen LogP contribution in [0.5, 0.6) is 5.75 Å². The summed E-state index contributed by atoms with van der Waals surface area (Å²) in [5, 5.41) is 8.55. The molecule has 2 amide bonds. The molecule has 0 aliphatic heterocycles. The third-order valence-electron chi connectivity index (χ3n) is 3.15. The maximum Gasteiger partial charge on any atom is 0.243 e. The predicted octanol–water partition coefficient (Wildman–Crippen LogP) is 3.48. The Morgan fingerprint density at radius 3 is 2.28 bits per heavy atom. The van der Waals surface area contributed by atoms with Crippen molar-refractivity contribution >= 4 is 28.9 Å². The van der Waals surface area contributed by atoms with E-state index in [0.29, 0.717) is 17.1 Å². The molecular formula is C19H23N3O3. The maximum atomic E-state index is 12.1. The number of nitrogens with one attached hydrogen (secondary N) is 3. The van der Waals surface area contributed by atoms with Gasteiger partial charge in [0.2, 0.25) is 11.8 Å². The van der Waals surface area contributed by atoms with Crippen molar-refractivity contribution in [2.24, 2.45) is 0 Å². The van der Waals surface area contributed by atoms with E-state index in [1.54, 1.807) is 30.3 Å². The van der Waals surface area contributed by atoms with Crippen LogP contribution in [0.15, 0.2) is 48.5 Å². The second kappa shape index (κ2) is 8.73. The highest BCUT2D eigenvalue weighted by Gasteiger charge is 2.05. The fraction of sp³-hybridized carbons (Fsp3) is 0.263. The largest absolute Gasteiger partial charge is 0.491 e. The highest BCUT2D eigenvalue weighted by Crippen LogP contribution is 2.18. The van der Waals surface area contributed by atoms with E-state index in [2.05, 4.69) is 16.0 Å². The Labute approximate surface area is 147 Å². The summed E-state index contributed by atoms with van der Waals surface area (Å²) >= 11 is 0. The summed E-state index contributed by atoms with van der Waals surface area (Å²) in [6, 6.07) is 14.4. The first-order chi connectivity index (χ1) is 11.9. The van der Waals surface area contributed by atoms with Crippen molar-refractivity contribution in [2.75, 3.05) is 22.5 Å². The van der Waals surface area contributed by atoms with Crippen molar-refractivity contribution in [3.63, 3.8) is 0 Å². The number of hydrogen-bond acceptors (Lipinski definition) is 4. The first-order valence-corrected chi connectivity index (χ1v) is 8.10. The molecule has 3 N–H and O–H groups in total. The monoisotopic (exact) mass is 341 g/mol. The number of anilines is 3. The van der Waals surface area contributed by atoms with E-state index in [4.69, 9.17) is 4.74 Å². The van der Waals surface area contributed by atoms with Gasteiger partial charge in [0, 0.05) is 30.1 Å². The molecule has 2 aromatic rings. The zero-order valence-corrected chi connectivity index (χ0v) is 14.6. The minimum atomic E-state index is -0.160. The molecule has 0 bridgehead atoms. The number of ether oxygens (including phenoxy) is 1. The quantitative estimate of drug-likeness (QED) is 0.720. The maximum absolute atomic E-state index is 12.1. The number of carbonyl (C=O) groups is 2. The van der Waals surface area contributed by atoms with E-state index in [1.165, 1.54) is 6.92 Å². The lowest BCUT2D eigenvalue weighted by Gasteiger charge is -2.12. The fourth-order valence-corrected chi connectivity index (χ4v) is 2.18. The Kier molecular flexibility index (Phi) is 6.39. The van der Waals surface area contributed by atoms with Crippen LogP contribution in [0.4, 0.5) is 17.1 Å². The van der Waals surface area contributed by atoms with Gasteiger partial charge in [-0.2, -0.15) is 0 Å². The summed E-state index contributed by atoms with van der Waals surface area (Å²) in [4.78, 5) is 23.0. The van der Waals surface area contributed by atoms with Crippen LogP contribution in [0.3, 0.4) is 0 Å². The normalized spacial score (nSPS) is 10.2. The Bertz CT molecular complexity index is 727. The Morgan fingerprint density at radius 2 is 1.64 bits per heavy atom. The minimum absolute atomic E-state index is 0.0769. The number of hydrogen-bond donors (Lipinski definition) is 3. The molecule has 0 spiro atoms. The molecule has 0 heterocycles. The number of carbonyl (C=O) groups excluding carboxylic acids is 2. The summed E-state index contributed by atoms with van der Waals surface area (Å²) in [5.74, 6) is 0.436. The molecule has 0 fully saturated rings. The van der Waals surface area contributed by atoms with Crippen LogP contribution in [0.25, 0.3) is 0 Å². The zero-order valence-electron chi connectivity index (χ0n) is 14.6. The summed E-state index contributed by atoms with van der Waals surface area (Å²) in [6.45, 7) is 5.49. The van der Waals surface area contributed by atoms with E-state index < -0.39 is 0 Å². The Balaban J connectivity index is 1.85. The molecule has 6 heteroatoms. The third kappa shape index (κ3) is 6.55. The van der Waals surface area contributed by atoms with E-state index in [9.17, 15) is 9.59 Å². The average molecular weight is 341 g/mol. The van der Waals surface area contributed by atoms with Crippen LogP contribution in [0.2, 0.25) is 0 Å². The van der Waals surface area contributed by atoms with Gasteiger partial charge < -0.3 is 20.7 Å². The van der Waals surface area contributed by atoms with Crippen LogP contribution < -0.4 is 20.7 Å². The van der Waals surface area contributed by atoms with Crippen molar-refractivity contribution < 1.29 is 14.3 Å². The SMILES string of the molecule is CC(=O)Nc1ccc(NCC(=O)Nc2cccc(OC(C)C)c2)cc1. The second-order valence-corrected chi connectivity index (χ2v) is 5.85. The molecule has 0 aliphatic carbocycles. The Hall–Kier alpha value is -3.02. The topological polar surface area (TPSA) is 79.5 Å². The van der Waals surface area contributed by atoms with Gasteiger partial charge in [-0.3, -0.25) is 9.59 Å². The van der Waals surface area contributed by atoms with E-state index in [0.717, 1.165) is 5.69 Å². The molecule has 2 aromatic carbocycles. The summed E-state index contributed by atoms with van der Waals surface area (Å²) in [6.07, 6.45) is 0.0769. The van der Waals surface area contributed by atoms with Gasteiger partial charge in [0.1, 0.15) is 5.75 Å². The van der Waals surface area contributed by atoms with Gasteiger partial charge in [-0.15, -0.1) is 0 Å². The molecule has 0 aromatic heterocycles. The van der Waals surface area contributed by atoms with Gasteiger partial charge in [0.15, 0.2) is 0 Å². The van der Waals surface area contributed by atoms with Gasteiger partial charge in [-0.25, -0.2) is 0 Å². The average Bonchev–Trinajstić information content (AvgIpc) is 2.53. The number of amides is 2. The molecule has 0 saturated heterocycles. The minimum Gasteiger partial charge on any atom is -0.491 e. The summed E-state index contributed by atoms with van der Waals surface area (Å²) in [5.41, 5.74) is 2.19. The molecule has 132 valence electrons. The lowest BCUT2D eigenvalue weighted by atomic mass is 10.2. The summed E-state index contributed by atoms with van der Waals surface area (Å²) < 4.78 is 5.61. The van der Waals surface area contributed by atoms with Gasteiger partial charge in [0.05, 0.1) is 12.6 Å². The smallest absolute Gasteiger partial charge is 0.243 e. The van der Waals surface area contributed by atoms with E-state index in [1.807, 2.05) is 32.0 Å². The second-order valence-electron chi connectivity index (χ2n) is 5.85. The molecule has 0 radical (unpaired) electrons. The highest BCUT2D eigenvalue weighted by molar-refractivity contribution is 5.94.